The van der Waals surface area contributed by atoms with E-state index < -0.39 is 0 Å². The highest BCUT2D eigenvalue weighted by Crippen LogP contribution is 1.63. The number of nitrogens with one attached hydrogen (secondary N) is 1. The van der Waals surface area contributed by atoms with Crippen molar-refractivity contribution in [2.45, 2.75) is 6.92 Å². The fraction of sp³-hybridized carbons (Fsp3) is 0.667. The van der Waals surface area contributed by atoms with E-state index in [2.05, 4.69) is 10.5 Å². The average molecular weight is 102 g/mol. The number of hydrogen-bond acceptors (Lipinski definition) is 4. The van der Waals surface area contributed by atoms with Gasteiger partial charge in [-0.15, -0.1) is 0 Å². The topological polar surface area (TPSA) is 76.4 Å². The van der Waals surface area contributed by atoms with Crippen molar-refractivity contribution >= 4 is 5.71 Å². The molecule has 4 nitrogen and oxygen atoms in total. The van der Waals surface area contributed by atoms with Gasteiger partial charge in [-0.3, -0.25) is 11.3 Å². The number of hydrazone groups is 1. The van der Waals surface area contributed by atoms with Gasteiger partial charge in [0.25, 0.3) is 0 Å². The molecular weight excluding hydrogens is 92.1 g/mol. The molecule has 0 rings (SSSR count). The fourth-order valence-electron chi connectivity index (χ4n) is 0.193. The van der Waals surface area contributed by atoms with Crippen molar-refractivity contribution in [1.82, 2.24) is 5.43 Å². The molecule has 0 fully saturated rings. The average Bonchev–Trinajstić information content (AvgIpc) is 1.68. The summed E-state index contributed by atoms with van der Waals surface area (Å²) >= 11 is 0. The van der Waals surface area contributed by atoms with Crippen LogP contribution in [0.5, 0.6) is 0 Å². The monoisotopic (exact) mass is 102 g/mol. The van der Waals surface area contributed by atoms with Gasteiger partial charge in [-0.25, -0.2) is 0 Å². The summed E-state index contributed by atoms with van der Waals surface area (Å²) in [5, 5.41) is 3.35. The zero-order valence-corrected chi connectivity index (χ0v) is 4.31. The van der Waals surface area contributed by atoms with Gasteiger partial charge in [0.2, 0.25) is 0 Å². The second kappa shape index (κ2) is 3.58. The van der Waals surface area contributed by atoms with Crippen LogP contribution in [-0.4, -0.2) is 12.3 Å². The zero-order chi connectivity index (χ0) is 5.70. The normalized spacial score (nSPS) is 12.0. The van der Waals surface area contributed by atoms with E-state index in [9.17, 15) is 0 Å². The highest BCUT2D eigenvalue weighted by Gasteiger charge is 1.81. The lowest BCUT2D eigenvalue weighted by Gasteiger charge is -1.92. The predicted molar refractivity (Wildman–Crippen MR) is 29.5 cm³/mol. The molecule has 0 aromatic carbocycles. The van der Waals surface area contributed by atoms with Crippen LogP contribution in [0.1, 0.15) is 6.92 Å². The minimum absolute atomic E-state index is 0.552. The molecule has 0 atom stereocenters. The first-order valence-electron chi connectivity index (χ1n) is 1.98. The van der Waals surface area contributed by atoms with Crippen LogP contribution in [0.2, 0.25) is 0 Å². The van der Waals surface area contributed by atoms with E-state index in [1.807, 2.05) is 0 Å². The van der Waals surface area contributed by atoms with Crippen molar-refractivity contribution in [1.29, 1.82) is 0 Å². The molecule has 0 spiro atoms. The summed E-state index contributed by atoms with van der Waals surface area (Å²) in [4.78, 5) is 0. The third-order valence-corrected chi connectivity index (χ3v) is 0.578. The molecule has 0 amide bonds. The van der Waals surface area contributed by atoms with Crippen molar-refractivity contribution in [3.05, 3.63) is 0 Å². The molecule has 0 aromatic heterocycles. The fourth-order valence-corrected chi connectivity index (χ4v) is 0.193. The molecule has 0 aliphatic heterocycles. The summed E-state index contributed by atoms with van der Waals surface area (Å²) in [5.74, 6) is 9.77. The maximum absolute atomic E-state index is 4.92. The molecule has 5 N–H and O–H groups in total. The number of nitrogens with zero attached hydrogens (tertiary/aromatic N) is 1. The maximum atomic E-state index is 4.92. The Kier molecular flexibility index (Phi) is 3.26. The van der Waals surface area contributed by atoms with E-state index in [1.54, 1.807) is 6.92 Å². The van der Waals surface area contributed by atoms with Gasteiger partial charge in [-0.1, -0.05) is 0 Å². The lowest BCUT2D eigenvalue weighted by Crippen LogP contribution is -2.28. The smallest absolute Gasteiger partial charge is 0.0497 e. The summed E-state index contributed by atoms with van der Waals surface area (Å²) in [6.45, 7) is 2.34. The van der Waals surface area contributed by atoms with Crippen LogP contribution in [0.4, 0.5) is 0 Å². The summed E-state index contributed by atoms with van der Waals surface area (Å²) in [6.07, 6.45) is 0. The quantitative estimate of drug-likeness (QED) is 0.232. The van der Waals surface area contributed by atoms with Crippen LogP contribution in [0.15, 0.2) is 5.10 Å². The Balaban J connectivity index is 3.17. The highest BCUT2D eigenvalue weighted by molar-refractivity contribution is 5.83. The van der Waals surface area contributed by atoms with Crippen LogP contribution in [0.25, 0.3) is 0 Å². The molecule has 0 saturated carbocycles. The lowest BCUT2D eigenvalue weighted by molar-refractivity contribution is 0.839. The molecule has 0 saturated heterocycles. The molecule has 42 valence electrons. The number of nitrogens with two attached hydrogens (primary N) is 2. The highest BCUT2D eigenvalue weighted by atomic mass is 15.2. The van der Waals surface area contributed by atoms with Gasteiger partial charge >= 0.3 is 0 Å². The summed E-state index contributed by atoms with van der Waals surface area (Å²) in [5.41, 5.74) is 3.20. The molecule has 0 heterocycles. The van der Waals surface area contributed by atoms with Crippen molar-refractivity contribution < 1.29 is 0 Å². The van der Waals surface area contributed by atoms with E-state index in [4.69, 9.17) is 11.7 Å². The molecule has 0 aliphatic carbocycles. The first-order valence-corrected chi connectivity index (χ1v) is 1.98. The molecular formula is C3H10N4. The summed E-state index contributed by atoms with van der Waals surface area (Å²) < 4.78 is 0. The van der Waals surface area contributed by atoms with Crippen LogP contribution >= 0.6 is 0 Å². The van der Waals surface area contributed by atoms with Gasteiger partial charge in [-0.05, 0) is 6.92 Å². The van der Waals surface area contributed by atoms with Gasteiger partial charge in [0.05, 0.1) is 0 Å². The number of hydrazine groups is 1. The second-order valence-electron chi connectivity index (χ2n) is 1.25. The van der Waals surface area contributed by atoms with Gasteiger partial charge in [0.15, 0.2) is 0 Å². The molecule has 0 unspecified atom stereocenters. The SMILES string of the molecule is C/C(CNN)=N\N. The Bertz CT molecular complexity index is 67.3. The van der Waals surface area contributed by atoms with Gasteiger partial charge in [0, 0.05) is 12.3 Å². The maximum Gasteiger partial charge on any atom is 0.0497 e. The largest absolute Gasteiger partial charge is 0.323 e. The third-order valence-electron chi connectivity index (χ3n) is 0.578. The Hall–Kier alpha value is -0.610. The molecule has 0 radical (unpaired) electrons. The van der Waals surface area contributed by atoms with Crippen molar-refractivity contribution in [3.63, 3.8) is 0 Å². The van der Waals surface area contributed by atoms with E-state index in [0.29, 0.717) is 6.54 Å². The van der Waals surface area contributed by atoms with Crippen LogP contribution in [0, 0.1) is 0 Å². The van der Waals surface area contributed by atoms with Gasteiger partial charge < -0.3 is 5.84 Å². The second-order valence-corrected chi connectivity index (χ2v) is 1.25. The third kappa shape index (κ3) is 3.21. The van der Waals surface area contributed by atoms with E-state index in [0.717, 1.165) is 5.71 Å². The summed E-state index contributed by atoms with van der Waals surface area (Å²) in [6, 6.07) is 0. The molecule has 4 heteroatoms. The Labute approximate surface area is 42.5 Å². The van der Waals surface area contributed by atoms with Gasteiger partial charge in [0.1, 0.15) is 0 Å². The van der Waals surface area contributed by atoms with Crippen LogP contribution < -0.4 is 17.1 Å². The van der Waals surface area contributed by atoms with Crippen molar-refractivity contribution in [2.24, 2.45) is 16.8 Å². The Morgan fingerprint density at radius 3 is 2.57 bits per heavy atom. The Morgan fingerprint density at radius 2 is 2.43 bits per heavy atom. The lowest BCUT2D eigenvalue weighted by atomic mass is 10.4. The Morgan fingerprint density at radius 1 is 1.86 bits per heavy atom. The van der Waals surface area contributed by atoms with Gasteiger partial charge in [-0.2, -0.15) is 5.10 Å². The minimum Gasteiger partial charge on any atom is -0.323 e. The standard InChI is InChI=1S/C3H10N4/c1-3(7-5)2-6-4/h6H,2,4-5H2,1H3/b7-3+. The molecule has 0 aromatic rings. The predicted octanol–water partition coefficient (Wildman–Crippen LogP) is -1.22. The van der Waals surface area contributed by atoms with Crippen LogP contribution in [-0.2, 0) is 0 Å². The van der Waals surface area contributed by atoms with Crippen molar-refractivity contribution in [2.75, 3.05) is 6.54 Å². The minimum atomic E-state index is 0.552. The summed E-state index contributed by atoms with van der Waals surface area (Å²) in [7, 11) is 0. The van der Waals surface area contributed by atoms with E-state index in [1.165, 1.54) is 0 Å². The molecule has 0 aliphatic rings. The number of hydrogen-bond donors (Lipinski definition) is 3. The molecule has 7 heavy (non-hydrogen) atoms. The molecule has 0 bridgehead atoms. The van der Waals surface area contributed by atoms with Crippen molar-refractivity contribution in [3.8, 4) is 0 Å². The van der Waals surface area contributed by atoms with E-state index >= 15 is 0 Å². The van der Waals surface area contributed by atoms with E-state index in [-0.39, 0.29) is 0 Å². The first-order chi connectivity index (χ1) is 3.31. The first kappa shape index (κ1) is 6.39. The number of rotatable bonds is 2. The zero-order valence-electron chi connectivity index (χ0n) is 4.31. The van der Waals surface area contributed by atoms with Crippen LogP contribution in [0.3, 0.4) is 0 Å².